The van der Waals surface area contributed by atoms with Crippen LogP contribution in [0.15, 0.2) is 206 Å². The summed E-state index contributed by atoms with van der Waals surface area (Å²) < 4.78 is 87.9. The molecule has 10 aromatic carbocycles. The Hall–Kier alpha value is -6.76. The van der Waals surface area contributed by atoms with E-state index in [0.717, 1.165) is 65.3 Å². The van der Waals surface area contributed by atoms with Gasteiger partial charge in [-0.1, -0.05) is 206 Å². The molecule has 0 nitrogen and oxygen atoms in total. The van der Waals surface area contributed by atoms with Crippen molar-refractivity contribution in [2.24, 2.45) is 0 Å². The van der Waals surface area contributed by atoms with Crippen LogP contribution < -0.4 is 0 Å². The van der Waals surface area contributed by atoms with Gasteiger partial charge < -0.3 is 0 Å². The molecule has 0 saturated carbocycles. The number of benzene rings is 10. The van der Waals surface area contributed by atoms with Crippen molar-refractivity contribution in [3.05, 3.63) is 206 Å². The van der Waals surface area contributed by atoms with Crippen molar-refractivity contribution in [1.82, 2.24) is 0 Å². The fourth-order valence-corrected chi connectivity index (χ4v) is 7.91. The Morgan fingerprint density at radius 1 is 0.250 bits per heavy atom. The summed E-state index contributed by atoms with van der Waals surface area (Å²) in [5.41, 5.74) is 5.58. The molecule has 0 aromatic heterocycles. The predicted octanol–water partition coefficient (Wildman–Crippen LogP) is 14.6. The summed E-state index contributed by atoms with van der Waals surface area (Å²) in [5, 5.41) is 7.68. The largest absolute Gasteiger partial charge is 0.0629 e. The normalized spacial score (nSPS) is 14.2. The molecule has 0 spiro atoms. The van der Waals surface area contributed by atoms with E-state index < -0.39 is 60.4 Å². The van der Waals surface area contributed by atoms with Gasteiger partial charge in [-0.25, -0.2) is 0 Å². The van der Waals surface area contributed by atoms with Crippen LogP contribution in [0.3, 0.4) is 0 Å². The Morgan fingerprint density at radius 3 is 1.21 bits per heavy atom. The van der Waals surface area contributed by atoms with Crippen molar-refractivity contribution in [1.29, 1.82) is 0 Å². The van der Waals surface area contributed by atoms with Crippen molar-refractivity contribution in [3.63, 3.8) is 0 Å². The molecule has 0 unspecified atom stereocenters. The van der Waals surface area contributed by atoms with Crippen LogP contribution in [-0.2, 0) is 0 Å². The standard InChI is InChI=1S/C52H34/c1-3-17-36(18-4-1)39-30-16-31-40(37-19-5-2-6-20-37)51(39)52-47-28-13-11-26-45(47)50(46-27-12-14-29-48(46)52)49-34-33-44(42-24-9-10-25-43(42)49)41-32-15-22-35-21-7-8-23-38(35)41/h1-34H/i1D,2D,3D,4D,5D,6D,17D,18D,19D,20D. The Morgan fingerprint density at radius 2 is 0.635 bits per heavy atom. The summed E-state index contributed by atoms with van der Waals surface area (Å²) in [6.07, 6.45) is 0. The molecule has 242 valence electrons. The van der Waals surface area contributed by atoms with Crippen LogP contribution in [0.2, 0.25) is 0 Å². The SMILES string of the molecule is [2H]c1c([2H])c([2H])c(-c2cccc(-c3c([2H])c([2H])c([2H])c([2H])c3[2H])c2-c2c3ccccc3c(-c3ccc(-c4cccc5ccccc45)c4ccccc34)c3ccccc23)c([2H])c1[2H]. The molecule has 0 atom stereocenters. The second kappa shape index (κ2) is 12.5. The average Bonchev–Trinajstić information content (AvgIpc) is 3.30. The number of rotatable bonds is 5. The maximum absolute atomic E-state index is 9.13. The first kappa shape index (κ1) is 21.5. The fourth-order valence-electron chi connectivity index (χ4n) is 7.91. The predicted molar refractivity (Wildman–Crippen MR) is 224 cm³/mol. The van der Waals surface area contributed by atoms with Gasteiger partial charge in [0.25, 0.3) is 0 Å². The van der Waals surface area contributed by atoms with Crippen LogP contribution in [0, 0.1) is 0 Å². The first-order valence-electron chi connectivity index (χ1n) is 22.2. The molecule has 0 N–H and O–H groups in total. The third-order valence-electron chi connectivity index (χ3n) is 10.1. The summed E-state index contributed by atoms with van der Waals surface area (Å²) in [7, 11) is 0. The van der Waals surface area contributed by atoms with E-state index in [1.54, 1.807) is 18.2 Å². The zero-order chi connectivity index (χ0) is 43.1. The highest BCUT2D eigenvalue weighted by Gasteiger charge is 2.23. The van der Waals surface area contributed by atoms with Gasteiger partial charge in [-0.15, -0.1) is 0 Å². The highest BCUT2D eigenvalue weighted by molar-refractivity contribution is 6.26. The molecule has 0 fully saturated rings. The molecule has 0 heteroatoms. The molecular formula is C52H34. The zero-order valence-electron chi connectivity index (χ0n) is 37.9. The highest BCUT2D eigenvalue weighted by Crippen LogP contribution is 2.50. The Labute approximate surface area is 317 Å². The van der Waals surface area contributed by atoms with Gasteiger partial charge in [0.1, 0.15) is 0 Å². The van der Waals surface area contributed by atoms with Gasteiger partial charge in [0, 0.05) is 0 Å². The maximum atomic E-state index is 9.13. The van der Waals surface area contributed by atoms with Gasteiger partial charge in [0.05, 0.1) is 13.7 Å². The monoisotopic (exact) mass is 668 g/mol. The zero-order valence-corrected chi connectivity index (χ0v) is 27.9. The second-order valence-electron chi connectivity index (χ2n) is 12.8. The second-order valence-corrected chi connectivity index (χ2v) is 12.8. The van der Waals surface area contributed by atoms with Crippen LogP contribution in [0.4, 0.5) is 0 Å². The van der Waals surface area contributed by atoms with Gasteiger partial charge in [-0.2, -0.15) is 0 Å². The topological polar surface area (TPSA) is 0 Å². The summed E-state index contributed by atoms with van der Waals surface area (Å²) in [5.74, 6) is 0. The van der Waals surface area contributed by atoms with Gasteiger partial charge in [0.2, 0.25) is 0 Å². The minimum Gasteiger partial charge on any atom is -0.0622 e. The molecule has 0 radical (unpaired) electrons. The molecule has 52 heavy (non-hydrogen) atoms. The van der Waals surface area contributed by atoms with Crippen molar-refractivity contribution in [2.45, 2.75) is 0 Å². The van der Waals surface area contributed by atoms with Gasteiger partial charge in [0.15, 0.2) is 0 Å². The lowest BCUT2D eigenvalue weighted by molar-refractivity contribution is 1.58. The molecule has 10 rings (SSSR count). The quantitative estimate of drug-likeness (QED) is 0.160. The lowest BCUT2D eigenvalue weighted by atomic mass is 9.80. The minimum atomic E-state index is -0.536. The first-order chi connectivity index (χ1) is 30.0. The fraction of sp³-hybridized carbons (Fsp3) is 0. The Bertz CT molecular complexity index is 3330. The van der Waals surface area contributed by atoms with Crippen molar-refractivity contribution in [3.8, 4) is 55.6 Å². The number of hydrogen-bond donors (Lipinski definition) is 0. The van der Waals surface area contributed by atoms with E-state index in [-0.39, 0.29) is 22.3 Å². The van der Waals surface area contributed by atoms with Crippen LogP contribution in [-0.4, -0.2) is 0 Å². The molecule has 0 aliphatic carbocycles. The van der Waals surface area contributed by atoms with Crippen LogP contribution >= 0.6 is 0 Å². The van der Waals surface area contributed by atoms with Crippen LogP contribution in [0.5, 0.6) is 0 Å². The van der Waals surface area contributed by atoms with E-state index in [1.807, 2.05) is 60.7 Å². The van der Waals surface area contributed by atoms with Crippen LogP contribution in [0.25, 0.3) is 98.7 Å². The van der Waals surface area contributed by atoms with E-state index in [0.29, 0.717) is 11.1 Å². The van der Waals surface area contributed by atoms with E-state index in [9.17, 15) is 0 Å². The first-order valence-corrected chi connectivity index (χ1v) is 17.2. The lowest BCUT2D eigenvalue weighted by Crippen LogP contribution is -1.96. The molecule has 0 amide bonds. The van der Waals surface area contributed by atoms with E-state index in [4.69, 9.17) is 13.7 Å². The van der Waals surface area contributed by atoms with Crippen molar-refractivity contribution >= 4 is 43.1 Å². The summed E-state index contributed by atoms with van der Waals surface area (Å²) in [6.45, 7) is 0. The maximum Gasteiger partial charge on any atom is 0.0629 e. The molecule has 0 aliphatic rings. The molecule has 10 aromatic rings. The molecular weight excluding hydrogens is 625 g/mol. The van der Waals surface area contributed by atoms with E-state index in [1.165, 1.54) is 0 Å². The molecule has 0 bridgehead atoms. The Kier molecular flexibility index (Phi) is 5.17. The molecule has 0 heterocycles. The molecule has 0 aliphatic heterocycles. The highest BCUT2D eigenvalue weighted by atomic mass is 14.3. The van der Waals surface area contributed by atoms with E-state index >= 15 is 0 Å². The summed E-state index contributed by atoms with van der Waals surface area (Å²) in [6, 6.07) is 43.5. The molecule has 0 saturated heterocycles. The van der Waals surface area contributed by atoms with Crippen molar-refractivity contribution in [2.75, 3.05) is 0 Å². The van der Waals surface area contributed by atoms with Gasteiger partial charge in [-0.3, -0.25) is 0 Å². The number of fused-ring (bicyclic) bond motifs is 4. The minimum absolute atomic E-state index is 0.0625. The summed E-state index contributed by atoms with van der Waals surface area (Å²) >= 11 is 0. The average molecular weight is 669 g/mol. The van der Waals surface area contributed by atoms with Gasteiger partial charge >= 0.3 is 0 Å². The van der Waals surface area contributed by atoms with Crippen LogP contribution in [0.1, 0.15) is 13.7 Å². The van der Waals surface area contributed by atoms with Crippen molar-refractivity contribution < 1.29 is 13.7 Å². The smallest absolute Gasteiger partial charge is 0.0622 e. The van der Waals surface area contributed by atoms with Gasteiger partial charge in [-0.05, 0) is 98.7 Å². The third kappa shape index (κ3) is 4.84. The summed E-state index contributed by atoms with van der Waals surface area (Å²) in [4.78, 5) is 0. The Balaban J connectivity index is 1.36. The van der Waals surface area contributed by atoms with E-state index in [2.05, 4.69) is 66.7 Å². The number of hydrogen-bond acceptors (Lipinski definition) is 0. The third-order valence-corrected chi connectivity index (χ3v) is 10.1. The lowest BCUT2D eigenvalue weighted by Gasteiger charge is -2.23.